The number of carbonyl (C=O) groups is 4. The van der Waals surface area contributed by atoms with Crippen molar-refractivity contribution in [1.29, 1.82) is 0 Å². The highest BCUT2D eigenvalue weighted by Gasteiger charge is 2.18. The first kappa shape index (κ1) is 31.4. The third kappa shape index (κ3) is 7.09. The quantitative estimate of drug-likeness (QED) is 0.228. The van der Waals surface area contributed by atoms with E-state index in [0.717, 1.165) is 22.3 Å². The van der Waals surface area contributed by atoms with Crippen LogP contribution in [-0.2, 0) is 16.2 Å². The molecule has 226 valence electrons. The SMILES string of the molecule is CNC(=O)c1ccc(C=CC(=O)NCC(=O)N(C)c2ccc(C)c(COc3cccc4c(C(=O)O)cc(C)nc34)c2C)cc1. The molecule has 0 unspecified atom stereocenters. The molecule has 0 radical (unpaired) electrons. The Hall–Kier alpha value is -5.51. The summed E-state index contributed by atoms with van der Waals surface area (Å²) in [6.07, 6.45) is 2.93. The van der Waals surface area contributed by atoms with Gasteiger partial charge in [0.05, 0.1) is 12.1 Å². The lowest BCUT2D eigenvalue weighted by molar-refractivity contribution is -0.122. The van der Waals surface area contributed by atoms with E-state index in [-0.39, 0.29) is 30.5 Å². The normalized spacial score (nSPS) is 10.9. The molecule has 4 rings (SSSR count). The van der Waals surface area contributed by atoms with E-state index in [0.29, 0.717) is 33.6 Å². The number of ether oxygens (including phenoxy) is 1. The van der Waals surface area contributed by atoms with E-state index in [2.05, 4.69) is 15.6 Å². The first-order chi connectivity index (χ1) is 21.0. The number of likely N-dealkylation sites (N-methyl/N-ethyl adjacent to an activating group) is 1. The lowest BCUT2D eigenvalue weighted by atomic mass is 10.0. The van der Waals surface area contributed by atoms with Crippen LogP contribution in [0.1, 0.15) is 48.7 Å². The number of fused-ring (bicyclic) bond motifs is 1. The average Bonchev–Trinajstić information content (AvgIpc) is 3.01. The van der Waals surface area contributed by atoms with Crippen molar-refractivity contribution in [2.45, 2.75) is 27.4 Å². The maximum Gasteiger partial charge on any atom is 0.336 e. The molecule has 1 heterocycles. The number of carbonyl (C=O) groups excluding carboxylic acids is 3. The number of nitrogens with zero attached hydrogens (tertiary/aromatic N) is 2. The highest BCUT2D eigenvalue weighted by Crippen LogP contribution is 2.30. The number of carboxylic acid groups (broad SMARTS) is 1. The molecule has 3 aromatic carbocycles. The van der Waals surface area contributed by atoms with Crippen LogP contribution in [-0.4, -0.2) is 54.4 Å². The average molecular weight is 595 g/mol. The zero-order valence-electron chi connectivity index (χ0n) is 25.2. The van der Waals surface area contributed by atoms with Crippen LogP contribution in [0.25, 0.3) is 17.0 Å². The minimum absolute atomic E-state index is 0.159. The lowest BCUT2D eigenvalue weighted by Crippen LogP contribution is -2.38. The minimum Gasteiger partial charge on any atom is -0.487 e. The molecule has 44 heavy (non-hydrogen) atoms. The molecule has 0 aliphatic carbocycles. The van der Waals surface area contributed by atoms with Crippen LogP contribution in [0.2, 0.25) is 0 Å². The minimum atomic E-state index is -1.04. The molecule has 1 aromatic heterocycles. The fourth-order valence-corrected chi connectivity index (χ4v) is 4.80. The van der Waals surface area contributed by atoms with Crippen LogP contribution in [0, 0.1) is 20.8 Å². The fourth-order valence-electron chi connectivity index (χ4n) is 4.80. The van der Waals surface area contributed by atoms with E-state index in [9.17, 15) is 24.3 Å². The number of para-hydroxylation sites is 1. The van der Waals surface area contributed by atoms with Gasteiger partial charge in [-0.15, -0.1) is 0 Å². The fraction of sp³-hybridized carbons (Fsp3) is 0.206. The largest absolute Gasteiger partial charge is 0.487 e. The number of pyridine rings is 1. The summed E-state index contributed by atoms with van der Waals surface area (Å²) in [4.78, 5) is 54.8. The van der Waals surface area contributed by atoms with Gasteiger partial charge < -0.3 is 25.4 Å². The number of nitrogens with one attached hydrogen (secondary N) is 2. The van der Waals surface area contributed by atoms with Crippen LogP contribution < -0.4 is 20.3 Å². The number of aromatic nitrogens is 1. The Morgan fingerprint density at radius 2 is 1.73 bits per heavy atom. The Balaban J connectivity index is 1.43. The standard InChI is InChI=1S/C34H34N4O6/c1-20-9-15-28(38(5)31(40)18-36-30(39)16-12-23-10-13-24(14-11-23)33(41)35-4)22(3)27(20)19-44-29-8-6-7-25-26(34(42)43)17-21(2)37-32(25)29/h6-17H,18-19H2,1-5H3,(H,35,41)(H,36,39)(H,42,43). The van der Waals surface area contributed by atoms with Gasteiger partial charge in [0.1, 0.15) is 17.9 Å². The molecule has 0 atom stereocenters. The number of amides is 3. The van der Waals surface area contributed by atoms with Gasteiger partial charge in [0, 0.05) is 42.5 Å². The molecule has 0 fully saturated rings. The Kier molecular flexibility index (Phi) is 9.74. The zero-order valence-corrected chi connectivity index (χ0v) is 25.2. The van der Waals surface area contributed by atoms with E-state index in [4.69, 9.17) is 4.74 Å². The lowest BCUT2D eigenvalue weighted by Gasteiger charge is -2.23. The van der Waals surface area contributed by atoms with Gasteiger partial charge >= 0.3 is 5.97 Å². The molecule has 0 saturated carbocycles. The molecule has 10 nitrogen and oxygen atoms in total. The van der Waals surface area contributed by atoms with Crippen molar-refractivity contribution in [2.24, 2.45) is 0 Å². The van der Waals surface area contributed by atoms with Crippen LogP contribution >= 0.6 is 0 Å². The molecule has 10 heteroatoms. The maximum atomic E-state index is 13.0. The molecule has 4 aromatic rings. The van der Waals surface area contributed by atoms with E-state index < -0.39 is 11.9 Å². The molecule has 0 saturated heterocycles. The summed E-state index contributed by atoms with van der Waals surface area (Å²) in [7, 11) is 3.20. The smallest absolute Gasteiger partial charge is 0.336 e. The third-order valence-electron chi connectivity index (χ3n) is 7.31. The number of benzene rings is 3. The number of aromatic carboxylic acids is 1. The monoisotopic (exact) mass is 594 g/mol. The second kappa shape index (κ2) is 13.6. The number of rotatable bonds is 10. The molecular weight excluding hydrogens is 560 g/mol. The number of hydrogen-bond acceptors (Lipinski definition) is 6. The van der Waals surface area contributed by atoms with Crippen molar-refractivity contribution in [3.8, 4) is 5.75 Å². The second-order valence-electron chi connectivity index (χ2n) is 10.3. The van der Waals surface area contributed by atoms with Crippen molar-refractivity contribution in [3.05, 3.63) is 106 Å². The molecule has 3 N–H and O–H groups in total. The van der Waals surface area contributed by atoms with Crippen molar-refractivity contribution < 1.29 is 29.0 Å². The van der Waals surface area contributed by atoms with Crippen molar-refractivity contribution in [3.63, 3.8) is 0 Å². The van der Waals surface area contributed by atoms with Crippen LogP contribution in [0.3, 0.4) is 0 Å². The van der Waals surface area contributed by atoms with E-state index in [1.165, 1.54) is 17.0 Å². The second-order valence-corrected chi connectivity index (χ2v) is 10.3. The molecule has 0 aliphatic rings. The molecule has 0 spiro atoms. The summed E-state index contributed by atoms with van der Waals surface area (Å²) in [5.74, 6) is -1.51. The molecule has 0 bridgehead atoms. The summed E-state index contributed by atoms with van der Waals surface area (Å²) < 4.78 is 6.17. The number of carboxylic acids is 1. The Morgan fingerprint density at radius 3 is 2.41 bits per heavy atom. The Bertz CT molecular complexity index is 1780. The van der Waals surface area contributed by atoms with Gasteiger partial charge in [-0.25, -0.2) is 9.78 Å². The topological polar surface area (TPSA) is 138 Å². The van der Waals surface area contributed by atoms with E-state index >= 15 is 0 Å². The number of aryl methyl sites for hydroxylation is 2. The maximum absolute atomic E-state index is 13.0. The first-order valence-electron chi connectivity index (χ1n) is 13.9. The van der Waals surface area contributed by atoms with Gasteiger partial charge in [0.25, 0.3) is 5.91 Å². The summed E-state index contributed by atoms with van der Waals surface area (Å²) in [6, 6.07) is 17.2. The highest BCUT2D eigenvalue weighted by atomic mass is 16.5. The van der Waals surface area contributed by atoms with Gasteiger partial charge in [-0.2, -0.15) is 0 Å². The van der Waals surface area contributed by atoms with Gasteiger partial charge in [0.2, 0.25) is 11.8 Å². The van der Waals surface area contributed by atoms with Gasteiger partial charge in [-0.05, 0) is 79.4 Å². The van der Waals surface area contributed by atoms with Crippen molar-refractivity contribution in [1.82, 2.24) is 15.6 Å². The van der Waals surface area contributed by atoms with Crippen molar-refractivity contribution >= 4 is 46.4 Å². The summed E-state index contributed by atoms with van der Waals surface area (Å²) in [6.45, 7) is 5.55. The summed E-state index contributed by atoms with van der Waals surface area (Å²) in [5, 5.41) is 15.3. The summed E-state index contributed by atoms with van der Waals surface area (Å²) >= 11 is 0. The molecule has 0 aliphatic heterocycles. The predicted octanol–water partition coefficient (Wildman–Crippen LogP) is 4.59. The van der Waals surface area contributed by atoms with E-state index in [1.807, 2.05) is 26.0 Å². The van der Waals surface area contributed by atoms with Crippen LogP contribution in [0.5, 0.6) is 5.75 Å². The van der Waals surface area contributed by atoms with E-state index in [1.54, 1.807) is 69.6 Å². The van der Waals surface area contributed by atoms with Crippen LogP contribution in [0.15, 0.2) is 66.7 Å². The Labute approximate surface area is 255 Å². The third-order valence-corrected chi connectivity index (χ3v) is 7.31. The highest BCUT2D eigenvalue weighted by molar-refractivity contribution is 6.04. The number of hydrogen-bond donors (Lipinski definition) is 3. The predicted molar refractivity (Wildman–Crippen MR) is 169 cm³/mol. The summed E-state index contributed by atoms with van der Waals surface area (Å²) in [5.41, 5.74) is 5.78. The molecular formula is C34H34N4O6. The van der Waals surface area contributed by atoms with Gasteiger partial charge in [0.15, 0.2) is 0 Å². The molecule has 3 amide bonds. The van der Waals surface area contributed by atoms with Crippen LogP contribution in [0.4, 0.5) is 5.69 Å². The van der Waals surface area contributed by atoms with Crippen molar-refractivity contribution in [2.75, 3.05) is 25.5 Å². The van der Waals surface area contributed by atoms with Gasteiger partial charge in [-0.1, -0.05) is 30.3 Å². The number of anilines is 1. The van der Waals surface area contributed by atoms with Gasteiger partial charge in [-0.3, -0.25) is 14.4 Å². The zero-order chi connectivity index (χ0) is 32.0. The Morgan fingerprint density at radius 1 is 1.00 bits per heavy atom. The first-order valence-corrected chi connectivity index (χ1v) is 13.9.